The minimum atomic E-state index is -3.86. The van der Waals surface area contributed by atoms with Gasteiger partial charge in [0.2, 0.25) is 10.0 Å². The van der Waals surface area contributed by atoms with E-state index in [1.54, 1.807) is 0 Å². The summed E-state index contributed by atoms with van der Waals surface area (Å²) < 4.78 is 52.1. The van der Waals surface area contributed by atoms with E-state index in [2.05, 4.69) is 5.32 Å². The number of nitrogens with zero attached hydrogens (tertiary/aromatic N) is 1. The third-order valence-electron chi connectivity index (χ3n) is 3.34. The van der Waals surface area contributed by atoms with Gasteiger partial charge in [-0.1, -0.05) is 0 Å². The monoisotopic (exact) mass is 290 g/mol. The van der Waals surface area contributed by atoms with Crippen molar-refractivity contribution < 1.29 is 17.2 Å². The van der Waals surface area contributed by atoms with E-state index in [0.29, 0.717) is 18.9 Å². The predicted molar refractivity (Wildman–Crippen MR) is 67.2 cm³/mol. The van der Waals surface area contributed by atoms with E-state index >= 15 is 0 Å². The number of piperidine rings is 1. The number of benzene rings is 1. The molecule has 1 aromatic carbocycles. The molecule has 19 heavy (non-hydrogen) atoms. The van der Waals surface area contributed by atoms with Crippen LogP contribution in [0.2, 0.25) is 0 Å². The maximum Gasteiger partial charge on any atom is 0.243 e. The van der Waals surface area contributed by atoms with Crippen LogP contribution in [0.5, 0.6) is 0 Å². The van der Waals surface area contributed by atoms with Crippen LogP contribution in [0.1, 0.15) is 12.8 Å². The molecule has 0 saturated carbocycles. The van der Waals surface area contributed by atoms with Crippen LogP contribution >= 0.6 is 0 Å². The van der Waals surface area contributed by atoms with Gasteiger partial charge in [0.25, 0.3) is 0 Å². The van der Waals surface area contributed by atoms with Crippen LogP contribution < -0.4 is 5.32 Å². The van der Waals surface area contributed by atoms with E-state index in [0.717, 1.165) is 25.2 Å². The molecule has 1 aromatic rings. The smallest absolute Gasteiger partial charge is 0.243 e. The zero-order valence-corrected chi connectivity index (χ0v) is 11.4. The Bertz CT molecular complexity index is 537. The molecule has 0 aliphatic carbocycles. The van der Waals surface area contributed by atoms with Crippen LogP contribution in [0.4, 0.5) is 8.78 Å². The van der Waals surface area contributed by atoms with Crippen LogP contribution in [-0.4, -0.2) is 38.9 Å². The summed E-state index contributed by atoms with van der Waals surface area (Å²) in [5.41, 5.74) is 0. The first-order valence-corrected chi connectivity index (χ1v) is 7.50. The second-order valence-electron chi connectivity index (χ2n) is 4.61. The van der Waals surface area contributed by atoms with Crippen molar-refractivity contribution in [2.75, 3.05) is 20.1 Å². The molecule has 0 spiro atoms. The molecule has 1 aliphatic heterocycles. The van der Waals surface area contributed by atoms with Crippen molar-refractivity contribution in [2.45, 2.75) is 23.8 Å². The summed E-state index contributed by atoms with van der Waals surface area (Å²) in [6.07, 6.45) is 1.38. The van der Waals surface area contributed by atoms with E-state index in [9.17, 15) is 17.2 Å². The lowest BCUT2D eigenvalue weighted by molar-refractivity contribution is 0.296. The lowest BCUT2D eigenvalue weighted by Gasteiger charge is -2.30. The van der Waals surface area contributed by atoms with E-state index in [1.165, 1.54) is 11.4 Å². The summed E-state index contributed by atoms with van der Waals surface area (Å²) in [6, 6.07) is 2.20. The topological polar surface area (TPSA) is 49.4 Å². The lowest BCUT2D eigenvalue weighted by Crippen LogP contribution is -2.43. The third kappa shape index (κ3) is 3.10. The summed E-state index contributed by atoms with van der Waals surface area (Å²) in [6.45, 7) is 1.48. The maximum atomic E-state index is 13.1. The molecule has 1 N–H and O–H groups in total. The van der Waals surface area contributed by atoms with Crippen LogP contribution in [0.15, 0.2) is 23.1 Å². The highest BCUT2D eigenvalue weighted by Crippen LogP contribution is 2.22. The van der Waals surface area contributed by atoms with Gasteiger partial charge in [0.1, 0.15) is 11.6 Å². The highest BCUT2D eigenvalue weighted by Gasteiger charge is 2.29. The number of hydrogen-bond donors (Lipinski definition) is 1. The van der Waals surface area contributed by atoms with Crippen LogP contribution in [0, 0.1) is 11.6 Å². The molecule has 1 fully saturated rings. The highest BCUT2D eigenvalue weighted by atomic mass is 32.2. The molecular formula is C12H16F2N2O2S. The second-order valence-corrected chi connectivity index (χ2v) is 6.61. The molecule has 0 amide bonds. The van der Waals surface area contributed by atoms with Crippen molar-refractivity contribution >= 4 is 10.0 Å². The van der Waals surface area contributed by atoms with Gasteiger partial charge >= 0.3 is 0 Å². The van der Waals surface area contributed by atoms with Gasteiger partial charge in [0, 0.05) is 19.2 Å². The van der Waals surface area contributed by atoms with Crippen LogP contribution in [-0.2, 0) is 10.0 Å². The van der Waals surface area contributed by atoms with Crippen molar-refractivity contribution in [3.63, 3.8) is 0 Å². The molecule has 1 heterocycles. The number of hydrogen-bond acceptors (Lipinski definition) is 3. The molecule has 106 valence electrons. The van der Waals surface area contributed by atoms with Crippen molar-refractivity contribution in [1.82, 2.24) is 9.62 Å². The molecule has 0 radical (unpaired) electrons. The number of sulfonamides is 1. The number of halogens is 2. The summed E-state index contributed by atoms with van der Waals surface area (Å²) >= 11 is 0. The summed E-state index contributed by atoms with van der Waals surface area (Å²) in [7, 11) is -2.41. The normalized spacial score (nSPS) is 17.9. The molecule has 0 aromatic heterocycles. The van der Waals surface area contributed by atoms with Gasteiger partial charge in [0.05, 0.1) is 4.90 Å². The van der Waals surface area contributed by atoms with Crippen LogP contribution in [0.3, 0.4) is 0 Å². The van der Waals surface area contributed by atoms with Gasteiger partial charge in [-0.05, 0) is 38.1 Å². The largest absolute Gasteiger partial charge is 0.317 e. The Morgan fingerprint density at radius 1 is 1.16 bits per heavy atom. The summed E-state index contributed by atoms with van der Waals surface area (Å²) in [5.74, 6) is -1.78. The van der Waals surface area contributed by atoms with E-state index in [4.69, 9.17) is 0 Å². The van der Waals surface area contributed by atoms with E-state index in [-0.39, 0.29) is 10.9 Å². The van der Waals surface area contributed by atoms with Gasteiger partial charge in [-0.2, -0.15) is 4.31 Å². The molecule has 1 saturated heterocycles. The quantitative estimate of drug-likeness (QED) is 0.914. The minimum absolute atomic E-state index is 0.141. The average Bonchev–Trinajstić information content (AvgIpc) is 2.37. The molecular weight excluding hydrogens is 274 g/mol. The molecule has 0 unspecified atom stereocenters. The molecule has 4 nitrogen and oxygen atoms in total. The predicted octanol–water partition coefficient (Wildman–Crippen LogP) is 1.34. The fraction of sp³-hybridized carbons (Fsp3) is 0.500. The van der Waals surface area contributed by atoms with Gasteiger partial charge in [0.15, 0.2) is 0 Å². The SMILES string of the molecule is CN(C1CCNCC1)S(=O)(=O)c1cc(F)cc(F)c1. The summed E-state index contributed by atoms with van der Waals surface area (Å²) in [5, 5.41) is 3.14. The van der Waals surface area contributed by atoms with Crippen molar-refractivity contribution in [2.24, 2.45) is 0 Å². The highest BCUT2D eigenvalue weighted by molar-refractivity contribution is 7.89. The Balaban J connectivity index is 2.30. The van der Waals surface area contributed by atoms with Gasteiger partial charge in [-0.15, -0.1) is 0 Å². The Labute approximate surface area is 111 Å². The van der Waals surface area contributed by atoms with Crippen molar-refractivity contribution in [3.05, 3.63) is 29.8 Å². The zero-order chi connectivity index (χ0) is 14.0. The first kappa shape index (κ1) is 14.4. The minimum Gasteiger partial charge on any atom is -0.317 e. The third-order valence-corrected chi connectivity index (χ3v) is 5.22. The summed E-state index contributed by atoms with van der Waals surface area (Å²) in [4.78, 5) is -0.342. The Kier molecular flexibility index (Phi) is 4.17. The Morgan fingerprint density at radius 3 is 2.21 bits per heavy atom. The molecule has 1 aliphatic rings. The zero-order valence-electron chi connectivity index (χ0n) is 10.6. The van der Waals surface area contributed by atoms with Crippen molar-refractivity contribution in [3.8, 4) is 0 Å². The molecule has 0 bridgehead atoms. The van der Waals surface area contributed by atoms with Crippen LogP contribution in [0.25, 0.3) is 0 Å². The molecule has 7 heteroatoms. The van der Waals surface area contributed by atoms with Gasteiger partial charge in [-0.3, -0.25) is 0 Å². The Morgan fingerprint density at radius 2 is 1.68 bits per heavy atom. The number of nitrogens with one attached hydrogen (secondary N) is 1. The molecule has 0 atom stereocenters. The lowest BCUT2D eigenvalue weighted by atomic mass is 10.1. The fourth-order valence-corrected chi connectivity index (χ4v) is 3.67. The van der Waals surface area contributed by atoms with E-state index < -0.39 is 21.7 Å². The van der Waals surface area contributed by atoms with Gasteiger partial charge < -0.3 is 5.32 Å². The van der Waals surface area contributed by atoms with Crippen molar-refractivity contribution in [1.29, 1.82) is 0 Å². The average molecular weight is 290 g/mol. The standard InChI is InChI=1S/C12H16F2N2O2S/c1-16(11-2-4-15-5-3-11)19(17,18)12-7-9(13)6-10(14)8-12/h6-8,11,15H,2-5H2,1H3. The fourth-order valence-electron chi connectivity index (χ4n) is 2.21. The first-order chi connectivity index (χ1) is 8.91. The first-order valence-electron chi connectivity index (χ1n) is 6.06. The second kappa shape index (κ2) is 5.52. The molecule has 2 rings (SSSR count). The maximum absolute atomic E-state index is 13.1. The number of rotatable bonds is 3. The Hall–Kier alpha value is -1.05. The van der Waals surface area contributed by atoms with Gasteiger partial charge in [-0.25, -0.2) is 17.2 Å². The van der Waals surface area contributed by atoms with E-state index in [1.807, 2.05) is 0 Å².